The Morgan fingerprint density at radius 3 is 2.50 bits per heavy atom. The van der Waals surface area contributed by atoms with Crippen molar-refractivity contribution in [3.8, 4) is 0 Å². The zero-order valence-electron chi connectivity index (χ0n) is 13.0. The third-order valence-electron chi connectivity index (χ3n) is 3.26. The number of halogens is 2. The van der Waals surface area contributed by atoms with E-state index in [4.69, 9.17) is 5.14 Å². The molecular weight excluding hydrogens is 354 g/mol. The number of hydrogen-bond acceptors (Lipinski definition) is 4. The number of benzene rings is 2. The summed E-state index contributed by atoms with van der Waals surface area (Å²) in [4.78, 5) is 0.534. The van der Waals surface area contributed by atoms with E-state index < -0.39 is 26.6 Å². The summed E-state index contributed by atoms with van der Waals surface area (Å²) in [5, 5.41) is 7.97. The Hall–Kier alpha value is -1.64. The molecule has 0 spiro atoms. The predicted molar refractivity (Wildman–Crippen MR) is 92.6 cm³/mol. The van der Waals surface area contributed by atoms with Crippen LogP contribution in [0.5, 0.6) is 0 Å². The SMILES string of the molecule is CC(CCNc1c(F)cc(F)cc1S(N)(=O)=O)Sc1ccccc1. The van der Waals surface area contributed by atoms with Crippen LogP contribution in [0.4, 0.5) is 14.5 Å². The van der Waals surface area contributed by atoms with Crippen molar-refractivity contribution in [3.05, 3.63) is 54.1 Å². The first kappa shape index (κ1) is 18.7. The van der Waals surface area contributed by atoms with Crippen LogP contribution in [0, 0.1) is 11.6 Å². The Bertz CT molecular complexity index is 799. The van der Waals surface area contributed by atoms with Crippen molar-refractivity contribution in [1.29, 1.82) is 0 Å². The van der Waals surface area contributed by atoms with Gasteiger partial charge in [0.2, 0.25) is 10.0 Å². The van der Waals surface area contributed by atoms with Gasteiger partial charge in [0.05, 0.1) is 5.69 Å². The lowest BCUT2D eigenvalue weighted by Gasteiger charge is -2.15. The van der Waals surface area contributed by atoms with Crippen molar-refractivity contribution in [2.45, 2.75) is 28.4 Å². The summed E-state index contributed by atoms with van der Waals surface area (Å²) in [5.41, 5.74) is -0.296. The van der Waals surface area contributed by atoms with Crippen LogP contribution >= 0.6 is 11.8 Å². The Morgan fingerprint density at radius 2 is 1.88 bits per heavy atom. The van der Waals surface area contributed by atoms with Crippen molar-refractivity contribution < 1.29 is 17.2 Å². The van der Waals surface area contributed by atoms with Crippen molar-refractivity contribution in [1.82, 2.24) is 0 Å². The summed E-state index contributed by atoms with van der Waals surface area (Å²) in [6.07, 6.45) is 0.653. The highest BCUT2D eigenvalue weighted by atomic mass is 32.2. The number of thioether (sulfide) groups is 1. The highest BCUT2D eigenvalue weighted by molar-refractivity contribution is 7.99. The average molecular weight is 372 g/mol. The molecule has 130 valence electrons. The van der Waals surface area contributed by atoms with E-state index in [9.17, 15) is 17.2 Å². The lowest BCUT2D eigenvalue weighted by molar-refractivity contribution is 0.569. The van der Waals surface area contributed by atoms with E-state index in [0.717, 1.165) is 4.90 Å². The molecule has 0 saturated carbocycles. The van der Waals surface area contributed by atoms with Crippen LogP contribution in [0.25, 0.3) is 0 Å². The molecule has 0 bridgehead atoms. The zero-order valence-corrected chi connectivity index (χ0v) is 14.6. The van der Waals surface area contributed by atoms with Gasteiger partial charge in [-0.2, -0.15) is 0 Å². The molecule has 0 aliphatic rings. The van der Waals surface area contributed by atoms with Crippen LogP contribution in [-0.4, -0.2) is 20.2 Å². The first-order valence-corrected chi connectivity index (χ1v) is 9.67. The molecule has 1 unspecified atom stereocenters. The molecule has 0 fully saturated rings. The molecular formula is C16H18F2N2O2S2. The van der Waals surface area contributed by atoms with E-state index in [2.05, 4.69) is 5.32 Å². The van der Waals surface area contributed by atoms with Gasteiger partial charge >= 0.3 is 0 Å². The van der Waals surface area contributed by atoms with Gasteiger partial charge in [-0.05, 0) is 24.6 Å². The largest absolute Gasteiger partial charge is 0.382 e. The predicted octanol–water partition coefficient (Wildman–Crippen LogP) is 3.60. The number of rotatable bonds is 7. The molecule has 1 atom stereocenters. The molecule has 3 N–H and O–H groups in total. The maximum absolute atomic E-state index is 13.9. The monoisotopic (exact) mass is 372 g/mol. The number of sulfonamides is 1. The van der Waals surface area contributed by atoms with Gasteiger partial charge in [0.25, 0.3) is 0 Å². The highest BCUT2D eigenvalue weighted by Crippen LogP contribution is 2.27. The molecule has 2 aromatic carbocycles. The highest BCUT2D eigenvalue weighted by Gasteiger charge is 2.19. The van der Waals surface area contributed by atoms with Crippen LogP contribution in [0.1, 0.15) is 13.3 Å². The van der Waals surface area contributed by atoms with Crippen molar-refractivity contribution >= 4 is 27.5 Å². The number of anilines is 1. The normalized spacial score (nSPS) is 12.8. The van der Waals surface area contributed by atoms with E-state index in [1.54, 1.807) is 11.8 Å². The molecule has 0 aliphatic carbocycles. The maximum Gasteiger partial charge on any atom is 0.240 e. The first-order chi connectivity index (χ1) is 11.3. The number of nitrogens with two attached hydrogens (primary N) is 1. The molecule has 24 heavy (non-hydrogen) atoms. The van der Waals surface area contributed by atoms with Gasteiger partial charge in [-0.1, -0.05) is 25.1 Å². The third-order valence-corrected chi connectivity index (χ3v) is 5.38. The number of hydrogen-bond donors (Lipinski definition) is 2. The van der Waals surface area contributed by atoms with Crippen LogP contribution < -0.4 is 10.5 Å². The van der Waals surface area contributed by atoms with Gasteiger partial charge in [0.1, 0.15) is 10.7 Å². The fourth-order valence-electron chi connectivity index (χ4n) is 2.14. The third kappa shape index (κ3) is 5.19. The van der Waals surface area contributed by atoms with Crippen molar-refractivity contribution in [2.24, 2.45) is 5.14 Å². The summed E-state index contributed by atoms with van der Waals surface area (Å²) in [6, 6.07) is 11.1. The minimum absolute atomic E-state index is 0.223. The van der Waals surface area contributed by atoms with E-state index in [0.29, 0.717) is 25.1 Å². The lowest BCUT2D eigenvalue weighted by atomic mass is 10.2. The van der Waals surface area contributed by atoms with Gasteiger partial charge in [0.15, 0.2) is 5.82 Å². The molecule has 2 aromatic rings. The zero-order chi connectivity index (χ0) is 17.7. The van der Waals surface area contributed by atoms with Gasteiger partial charge in [0, 0.05) is 22.8 Å². The molecule has 2 rings (SSSR count). The van der Waals surface area contributed by atoms with Crippen LogP contribution in [-0.2, 0) is 10.0 Å². The smallest absolute Gasteiger partial charge is 0.240 e. The summed E-state index contributed by atoms with van der Waals surface area (Å²) in [7, 11) is -4.23. The van der Waals surface area contributed by atoms with Crippen molar-refractivity contribution in [3.63, 3.8) is 0 Å². The fourth-order valence-corrected chi connectivity index (χ4v) is 3.88. The summed E-state index contributed by atoms with van der Waals surface area (Å²) >= 11 is 1.66. The van der Waals surface area contributed by atoms with Crippen molar-refractivity contribution in [2.75, 3.05) is 11.9 Å². The van der Waals surface area contributed by atoms with Gasteiger partial charge in [-0.25, -0.2) is 22.3 Å². The Labute approximate surface area is 144 Å². The summed E-state index contributed by atoms with van der Waals surface area (Å²) in [6.45, 7) is 2.34. The number of primary sulfonamides is 1. The first-order valence-electron chi connectivity index (χ1n) is 7.25. The Kier molecular flexibility index (Phi) is 6.20. The second-order valence-corrected chi connectivity index (χ2v) is 8.30. The Balaban J connectivity index is 2.02. The minimum Gasteiger partial charge on any atom is -0.382 e. The number of nitrogens with one attached hydrogen (secondary N) is 1. The molecule has 0 amide bonds. The molecule has 0 saturated heterocycles. The molecule has 0 radical (unpaired) electrons. The Morgan fingerprint density at radius 1 is 1.21 bits per heavy atom. The van der Waals surface area contributed by atoms with Gasteiger partial charge in [-0.3, -0.25) is 0 Å². The van der Waals surface area contributed by atoms with E-state index in [1.165, 1.54) is 0 Å². The van der Waals surface area contributed by atoms with E-state index in [1.807, 2.05) is 37.3 Å². The summed E-state index contributed by atoms with van der Waals surface area (Å²) in [5.74, 6) is -1.97. The lowest BCUT2D eigenvalue weighted by Crippen LogP contribution is -2.18. The topological polar surface area (TPSA) is 72.2 Å². The summed E-state index contributed by atoms with van der Waals surface area (Å²) < 4.78 is 50.1. The van der Waals surface area contributed by atoms with Crippen LogP contribution in [0.2, 0.25) is 0 Å². The van der Waals surface area contributed by atoms with E-state index in [-0.39, 0.29) is 10.9 Å². The second kappa shape index (κ2) is 7.96. The van der Waals surface area contributed by atoms with Crippen LogP contribution in [0.3, 0.4) is 0 Å². The average Bonchev–Trinajstić information content (AvgIpc) is 2.49. The fraction of sp³-hybridized carbons (Fsp3) is 0.250. The van der Waals surface area contributed by atoms with Gasteiger partial charge < -0.3 is 5.32 Å². The van der Waals surface area contributed by atoms with Gasteiger partial charge in [-0.15, -0.1) is 11.8 Å². The maximum atomic E-state index is 13.9. The second-order valence-electron chi connectivity index (χ2n) is 5.26. The standard InChI is InChI=1S/C16H18F2N2O2S2/c1-11(23-13-5-3-2-4-6-13)7-8-20-16-14(18)9-12(17)10-15(16)24(19,21)22/h2-6,9-11,20H,7-8H2,1H3,(H2,19,21,22). The van der Waals surface area contributed by atoms with E-state index >= 15 is 0 Å². The van der Waals surface area contributed by atoms with Crippen LogP contribution in [0.15, 0.2) is 52.3 Å². The molecule has 0 aliphatic heterocycles. The molecule has 4 nitrogen and oxygen atoms in total. The molecule has 8 heteroatoms. The quantitative estimate of drug-likeness (QED) is 0.729. The molecule has 0 heterocycles. The minimum atomic E-state index is -4.23. The molecule has 0 aromatic heterocycles.